The predicted molar refractivity (Wildman–Crippen MR) is 76.1 cm³/mol. The Bertz CT molecular complexity index is 379. The Labute approximate surface area is 113 Å². The van der Waals surface area contributed by atoms with Gasteiger partial charge in [-0.15, -0.1) is 0 Å². The molecular formula is C13H19N3OS. The van der Waals surface area contributed by atoms with E-state index in [0.29, 0.717) is 5.11 Å². The summed E-state index contributed by atoms with van der Waals surface area (Å²) in [5.41, 5.74) is 4.42. The van der Waals surface area contributed by atoms with E-state index in [1.807, 2.05) is 18.2 Å². The Hall–Kier alpha value is -1.17. The summed E-state index contributed by atoms with van der Waals surface area (Å²) in [6, 6.07) is 10.5. The normalized spacial score (nSPS) is 18.1. The van der Waals surface area contributed by atoms with Gasteiger partial charge in [0.15, 0.2) is 5.11 Å². The van der Waals surface area contributed by atoms with Gasteiger partial charge >= 0.3 is 0 Å². The molecule has 1 aliphatic heterocycles. The summed E-state index contributed by atoms with van der Waals surface area (Å²) in [7, 11) is 0. The summed E-state index contributed by atoms with van der Waals surface area (Å²) in [5, 5.41) is 6.02. The van der Waals surface area contributed by atoms with E-state index in [9.17, 15) is 0 Å². The molecule has 2 N–H and O–H groups in total. The van der Waals surface area contributed by atoms with Gasteiger partial charge in [-0.25, -0.2) is 5.01 Å². The molecule has 0 aromatic heterocycles. The maximum absolute atomic E-state index is 5.31. The van der Waals surface area contributed by atoms with E-state index in [1.165, 1.54) is 5.56 Å². The second kappa shape index (κ2) is 6.68. The molecule has 0 bridgehead atoms. The molecule has 98 valence electrons. The second-order valence-corrected chi connectivity index (χ2v) is 4.73. The molecule has 1 fully saturated rings. The number of ether oxygens (including phenoxy) is 1. The summed E-state index contributed by atoms with van der Waals surface area (Å²) in [6.07, 6.45) is 0. The Morgan fingerprint density at radius 1 is 1.28 bits per heavy atom. The quantitative estimate of drug-likeness (QED) is 0.809. The maximum Gasteiger partial charge on any atom is 0.181 e. The molecule has 0 spiro atoms. The van der Waals surface area contributed by atoms with E-state index in [0.717, 1.165) is 26.3 Å². The average Bonchev–Trinajstić information content (AvgIpc) is 2.40. The number of thiocarbonyl (C=S) groups is 1. The first-order valence-corrected chi connectivity index (χ1v) is 6.61. The lowest BCUT2D eigenvalue weighted by Crippen LogP contribution is -2.51. The number of morpholine rings is 1. The van der Waals surface area contributed by atoms with Crippen molar-refractivity contribution < 1.29 is 4.74 Å². The number of hydrazine groups is 1. The van der Waals surface area contributed by atoms with Crippen molar-refractivity contribution in [1.82, 2.24) is 15.8 Å². The van der Waals surface area contributed by atoms with Gasteiger partial charge in [-0.2, -0.15) is 0 Å². The molecule has 0 aliphatic carbocycles. The maximum atomic E-state index is 5.31. The summed E-state index contributed by atoms with van der Waals surface area (Å²) >= 11 is 5.31. The summed E-state index contributed by atoms with van der Waals surface area (Å²) in [6.45, 7) is 5.33. The molecule has 1 aromatic rings. The molecule has 18 heavy (non-hydrogen) atoms. The second-order valence-electron chi connectivity index (χ2n) is 4.32. The van der Waals surface area contributed by atoms with Crippen molar-refractivity contribution in [2.75, 3.05) is 26.3 Å². The monoisotopic (exact) mass is 265 g/mol. The van der Waals surface area contributed by atoms with Crippen LogP contribution in [0.2, 0.25) is 0 Å². The molecule has 2 rings (SSSR count). The molecule has 0 amide bonds. The molecular weight excluding hydrogens is 246 g/mol. The van der Waals surface area contributed by atoms with E-state index in [4.69, 9.17) is 17.0 Å². The van der Waals surface area contributed by atoms with Gasteiger partial charge < -0.3 is 10.1 Å². The zero-order valence-electron chi connectivity index (χ0n) is 10.6. The summed E-state index contributed by atoms with van der Waals surface area (Å²) in [4.78, 5) is 0. The lowest BCUT2D eigenvalue weighted by atomic mass is 10.1. The Kier molecular flexibility index (Phi) is 4.92. The Morgan fingerprint density at radius 2 is 1.94 bits per heavy atom. The number of hydrogen-bond acceptors (Lipinski definition) is 3. The molecule has 1 aromatic carbocycles. The predicted octanol–water partition coefficient (Wildman–Crippen LogP) is 1.46. The van der Waals surface area contributed by atoms with Crippen LogP contribution in [0, 0.1) is 0 Å². The van der Waals surface area contributed by atoms with Crippen molar-refractivity contribution in [3.63, 3.8) is 0 Å². The Balaban J connectivity index is 1.80. The fraction of sp³-hybridized carbons (Fsp3) is 0.462. The van der Waals surface area contributed by atoms with Gasteiger partial charge in [0.1, 0.15) is 0 Å². The van der Waals surface area contributed by atoms with Gasteiger partial charge in [-0.3, -0.25) is 5.43 Å². The minimum Gasteiger partial charge on any atom is -0.379 e. The van der Waals surface area contributed by atoms with Crippen LogP contribution in [0.5, 0.6) is 0 Å². The van der Waals surface area contributed by atoms with Crippen molar-refractivity contribution in [1.29, 1.82) is 0 Å². The number of rotatable bonds is 3. The van der Waals surface area contributed by atoms with E-state index in [2.05, 4.69) is 34.8 Å². The van der Waals surface area contributed by atoms with Crippen molar-refractivity contribution in [3.8, 4) is 0 Å². The molecule has 0 saturated carbocycles. The molecule has 1 aliphatic rings. The molecule has 1 saturated heterocycles. The van der Waals surface area contributed by atoms with Crippen molar-refractivity contribution in [2.45, 2.75) is 13.0 Å². The minimum absolute atomic E-state index is 0.201. The van der Waals surface area contributed by atoms with E-state index >= 15 is 0 Å². The zero-order chi connectivity index (χ0) is 12.8. The summed E-state index contributed by atoms with van der Waals surface area (Å²) < 4.78 is 5.29. The van der Waals surface area contributed by atoms with Crippen LogP contribution >= 0.6 is 12.2 Å². The van der Waals surface area contributed by atoms with Crippen LogP contribution in [0.4, 0.5) is 0 Å². The van der Waals surface area contributed by atoms with Crippen molar-refractivity contribution in [2.24, 2.45) is 0 Å². The van der Waals surface area contributed by atoms with Crippen LogP contribution in [0.25, 0.3) is 0 Å². The molecule has 0 radical (unpaired) electrons. The highest BCUT2D eigenvalue weighted by molar-refractivity contribution is 7.80. The standard InChI is InChI=1S/C13H19N3OS/c1-11(12-5-3-2-4-6-12)14-13(18)15-16-7-9-17-10-8-16/h2-6,11H,7-10H2,1H3,(H2,14,15,18)/t11-/m0/s1. The minimum atomic E-state index is 0.201. The molecule has 1 atom stereocenters. The highest BCUT2D eigenvalue weighted by Gasteiger charge is 2.12. The molecule has 1 heterocycles. The highest BCUT2D eigenvalue weighted by Crippen LogP contribution is 2.10. The van der Waals surface area contributed by atoms with Gasteiger partial charge in [0.25, 0.3) is 0 Å². The van der Waals surface area contributed by atoms with Crippen LogP contribution in [0.3, 0.4) is 0 Å². The molecule has 0 unspecified atom stereocenters. The third-order valence-electron chi connectivity index (χ3n) is 2.92. The van der Waals surface area contributed by atoms with Crippen LogP contribution in [-0.4, -0.2) is 36.4 Å². The highest BCUT2D eigenvalue weighted by atomic mass is 32.1. The molecule has 5 heteroatoms. The van der Waals surface area contributed by atoms with Crippen LogP contribution in [0.1, 0.15) is 18.5 Å². The lowest BCUT2D eigenvalue weighted by molar-refractivity contribution is 0.0246. The van der Waals surface area contributed by atoms with Gasteiger partial charge in [0, 0.05) is 13.1 Å². The van der Waals surface area contributed by atoms with Crippen molar-refractivity contribution in [3.05, 3.63) is 35.9 Å². The third-order valence-corrected chi connectivity index (χ3v) is 3.13. The van der Waals surface area contributed by atoms with Gasteiger partial charge in [-0.1, -0.05) is 30.3 Å². The van der Waals surface area contributed by atoms with E-state index < -0.39 is 0 Å². The van der Waals surface area contributed by atoms with Gasteiger partial charge in [-0.05, 0) is 24.7 Å². The van der Waals surface area contributed by atoms with Gasteiger partial charge in [0.2, 0.25) is 0 Å². The number of hydrogen-bond donors (Lipinski definition) is 2. The van der Waals surface area contributed by atoms with Crippen LogP contribution < -0.4 is 10.7 Å². The van der Waals surface area contributed by atoms with Crippen LogP contribution in [-0.2, 0) is 4.74 Å². The first-order chi connectivity index (χ1) is 8.75. The first-order valence-electron chi connectivity index (χ1n) is 6.20. The largest absolute Gasteiger partial charge is 0.379 e. The molecule has 4 nitrogen and oxygen atoms in total. The first kappa shape index (κ1) is 13.3. The third kappa shape index (κ3) is 3.94. The fourth-order valence-corrected chi connectivity index (χ4v) is 2.18. The van der Waals surface area contributed by atoms with Crippen molar-refractivity contribution >= 4 is 17.3 Å². The zero-order valence-corrected chi connectivity index (χ0v) is 11.4. The fourth-order valence-electron chi connectivity index (χ4n) is 1.87. The smallest absolute Gasteiger partial charge is 0.181 e. The SMILES string of the molecule is C[C@H](NC(=S)NN1CCOCC1)c1ccccc1. The van der Waals surface area contributed by atoms with E-state index in [-0.39, 0.29) is 6.04 Å². The summed E-state index contributed by atoms with van der Waals surface area (Å²) in [5.74, 6) is 0. The van der Waals surface area contributed by atoms with Crippen LogP contribution in [0.15, 0.2) is 30.3 Å². The number of nitrogens with one attached hydrogen (secondary N) is 2. The van der Waals surface area contributed by atoms with E-state index in [1.54, 1.807) is 0 Å². The Morgan fingerprint density at radius 3 is 2.61 bits per heavy atom. The number of benzene rings is 1. The topological polar surface area (TPSA) is 36.5 Å². The lowest BCUT2D eigenvalue weighted by Gasteiger charge is -2.29. The number of nitrogens with zero attached hydrogens (tertiary/aromatic N) is 1. The average molecular weight is 265 g/mol. The van der Waals surface area contributed by atoms with Gasteiger partial charge in [0.05, 0.1) is 19.3 Å².